The van der Waals surface area contributed by atoms with Crippen LogP contribution in [0.4, 0.5) is 21.5 Å². The Morgan fingerprint density at radius 1 is 1.19 bits per heavy atom. The molecule has 0 unspecified atom stereocenters. The maximum Gasteiger partial charge on any atom is 0.264 e. The molecule has 0 saturated heterocycles. The predicted molar refractivity (Wildman–Crippen MR) is 82.9 cm³/mol. The number of sulfonamides is 1. The van der Waals surface area contributed by atoms with E-state index >= 15 is 0 Å². The second-order valence-electron chi connectivity index (χ2n) is 4.12. The lowest BCUT2D eigenvalue weighted by Crippen LogP contribution is -2.13. The number of anilines is 1. The van der Waals surface area contributed by atoms with E-state index in [4.69, 9.17) is 0 Å². The number of nitrogens with zero attached hydrogens (tertiary/aromatic N) is 2. The first kappa shape index (κ1) is 14.4. The van der Waals surface area contributed by atoms with Crippen LogP contribution in [-0.2, 0) is 21.4 Å². The molecule has 2 aromatic carbocycles. The summed E-state index contributed by atoms with van der Waals surface area (Å²) in [7, 11) is -3.89. The molecule has 0 fully saturated rings. The highest BCUT2D eigenvalue weighted by Crippen LogP contribution is 2.38. The molecule has 0 spiro atoms. The van der Waals surface area contributed by atoms with Gasteiger partial charge in [0.1, 0.15) is 22.1 Å². The maximum atomic E-state index is 13.3. The van der Waals surface area contributed by atoms with Crippen molar-refractivity contribution in [3.8, 4) is 0 Å². The normalized spacial score (nSPS) is 12.9. The van der Waals surface area contributed by atoms with Crippen LogP contribution >= 0.6 is 15.9 Å². The Balaban J connectivity index is 2.05. The van der Waals surface area contributed by atoms with Crippen molar-refractivity contribution in [2.75, 3.05) is 4.72 Å². The minimum atomic E-state index is -3.89. The molecule has 0 amide bonds. The number of fused-ring (bicyclic) bond motifs is 1. The van der Waals surface area contributed by atoms with E-state index in [0.29, 0.717) is 15.8 Å². The van der Waals surface area contributed by atoms with Gasteiger partial charge in [0.25, 0.3) is 10.0 Å². The lowest BCUT2D eigenvalue weighted by Gasteiger charge is -2.11. The molecule has 1 heterocycles. The lowest BCUT2D eigenvalue weighted by atomic mass is 10.3. The molecule has 0 saturated carbocycles. The lowest BCUT2D eigenvalue weighted by molar-refractivity contribution is 0.601. The molecular formula is C12H7BrFN3O2S2. The highest BCUT2D eigenvalue weighted by molar-refractivity contribution is 9.10. The van der Waals surface area contributed by atoms with E-state index < -0.39 is 15.8 Å². The second kappa shape index (κ2) is 5.32. The standard InChI is InChI=1S/C12H7BrFN3O2S2/c13-8-5-4-7(14)6-10(8)17-21(18,19)11-3-1-2-9-12(11)16-20-15-9/h1-6,17H. The Morgan fingerprint density at radius 3 is 2.81 bits per heavy atom. The summed E-state index contributed by atoms with van der Waals surface area (Å²) in [6.07, 6.45) is 0. The molecule has 5 nitrogen and oxygen atoms in total. The molecule has 9 heteroatoms. The van der Waals surface area contributed by atoms with Crippen LogP contribution in [0.2, 0.25) is 0 Å². The minimum absolute atomic E-state index is 0.00455. The van der Waals surface area contributed by atoms with E-state index in [-0.39, 0.29) is 10.6 Å². The molecule has 3 rings (SSSR count). The van der Waals surface area contributed by atoms with Crippen LogP contribution in [0.3, 0.4) is 0 Å². The number of hydrogen-bond donors (Lipinski definition) is 1. The topological polar surface area (TPSA) is 70.9 Å². The zero-order chi connectivity index (χ0) is 15.0. The number of hydrogen-bond acceptors (Lipinski definition) is 4. The van der Waals surface area contributed by atoms with Crippen molar-refractivity contribution in [3.63, 3.8) is 0 Å². The largest absolute Gasteiger partial charge is 0.278 e. The Bertz CT molecular complexity index is 909. The van der Waals surface area contributed by atoms with Gasteiger partial charge in [-0.2, -0.15) is 8.73 Å². The molecule has 0 atom stereocenters. The third-order valence-corrected chi connectivity index (χ3v) is 5.34. The Hall–Kier alpha value is -1.58. The molecule has 1 aliphatic rings. The van der Waals surface area contributed by atoms with Crippen molar-refractivity contribution >= 4 is 54.4 Å². The van der Waals surface area contributed by atoms with Crippen LogP contribution in [0.5, 0.6) is 0 Å². The minimum Gasteiger partial charge on any atom is -0.278 e. The summed E-state index contributed by atoms with van der Waals surface area (Å²) in [5, 5.41) is 0. The van der Waals surface area contributed by atoms with Crippen molar-refractivity contribution in [3.05, 3.63) is 46.7 Å². The molecular weight excluding hydrogens is 381 g/mol. The third-order valence-electron chi connectivity index (χ3n) is 2.71. The fourth-order valence-electron chi connectivity index (χ4n) is 1.77. The summed E-state index contributed by atoms with van der Waals surface area (Å²) in [4.78, 5) is 0.00455. The molecule has 1 N–H and O–H groups in total. The van der Waals surface area contributed by atoms with Gasteiger partial charge in [0.15, 0.2) is 0 Å². The molecule has 2 aromatic rings. The van der Waals surface area contributed by atoms with Crippen molar-refractivity contribution in [1.82, 2.24) is 0 Å². The molecule has 0 aliphatic carbocycles. The van der Waals surface area contributed by atoms with E-state index in [1.165, 1.54) is 18.2 Å². The van der Waals surface area contributed by atoms with Gasteiger partial charge in [-0.15, -0.1) is 0 Å². The summed E-state index contributed by atoms with van der Waals surface area (Å²) in [6, 6.07) is 8.44. The van der Waals surface area contributed by atoms with Gasteiger partial charge < -0.3 is 0 Å². The Morgan fingerprint density at radius 2 is 2.00 bits per heavy atom. The first-order valence-electron chi connectivity index (χ1n) is 5.66. The maximum absolute atomic E-state index is 13.3. The van der Waals surface area contributed by atoms with Crippen molar-refractivity contribution in [1.29, 1.82) is 0 Å². The molecule has 0 bridgehead atoms. The molecule has 0 radical (unpaired) electrons. The van der Waals surface area contributed by atoms with Crippen LogP contribution in [0.1, 0.15) is 0 Å². The third kappa shape index (κ3) is 2.76. The summed E-state index contributed by atoms with van der Waals surface area (Å²) >= 11 is 4.11. The van der Waals surface area contributed by atoms with Crippen LogP contribution in [0.15, 0.2) is 54.5 Å². The number of rotatable bonds is 3. The smallest absolute Gasteiger partial charge is 0.264 e. The Kier molecular flexibility index (Phi) is 3.64. The summed E-state index contributed by atoms with van der Waals surface area (Å²) < 4.78 is 49.0. The van der Waals surface area contributed by atoms with Crippen LogP contribution in [-0.4, -0.2) is 8.42 Å². The zero-order valence-electron chi connectivity index (χ0n) is 10.2. The van der Waals surface area contributed by atoms with E-state index in [1.807, 2.05) is 0 Å². The summed E-state index contributed by atoms with van der Waals surface area (Å²) in [5.41, 5.74) is 0.916. The Labute approximate surface area is 132 Å². The van der Waals surface area contributed by atoms with Gasteiger partial charge in [-0.1, -0.05) is 6.07 Å². The van der Waals surface area contributed by atoms with Crippen LogP contribution in [0, 0.1) is 5.82 Å². The van der Waals surface area contributed by atoms with Gasteiger partial charge in [-0.05, 0) is 46.3 Å². The van der Waals surface area contributed by atoms with E-state index in [1.54, 1.807) is 12.1 Å². The summed E-state index contributed by atoms with van der Waals surface area (Å²) in [5.74, 6) is -0.538. The van der Waals surface area contributed by atoms with Gasteiger partial charge in [-0.25, -0.2) is 12.8 Å². The monoisotopic (exact) mass is 387 g/mol. The second-order valence-corrected chi connectivity index (χ2v) is 7.15. The summed E-state index contributed by atoms with van der Waals surface area (Å²) in [6.45, 7) is 0. The number of halogens is 2. The molecule has 0 aromatic heterocycles. The molecule has 108 valence electrons. The highest BCUT2D eigenvalue weighted by Gasteiger charge is 2.23. The number of benzene rings is 2. The predicted octanol–water partition coefficient (Wildman–Crippen LogP) is 4.12. The average Bonchev–Trinajstić information content (AvgIpc) is 2.90. The molecule has 21 heavy (non-hydrogen) atoms. The van der Waals surface area contributed by atoms with Crippen LogP contribution < -0.4 is 4.72 Å². The van der Waals surface area contributed by atoms with E-state index in [0.717, 1.165) is 17.4 Å². The SMILES string of the molecule is O=S(=O)(Nc1cc(F)ccc1Br)c1cccc2c1N=S=N2. The fraction of sp³-hybridized carbons (Fsp3) is 0. The molecule has 1 aliphatic heterocycles. The van der Waals surface area contributed by atoms with Gasteiger partial charge >= 0.3 is 0 Å². The van der Waals surface area contributed by atoms with Gasteiger partial charge in [0.05, 0.1) is 17.0 Å². The van der Waals surface area contributed by atoms with Gasteiger partial charge in [-0.3, -0.25) is 4.72 Å². The quantitative estimate of drug-likeness (QED) is 0.734. The average molecular weight is 388 g/mol. The zero-order valence-corrected chi connectivity index (χ0v) is 13.5. The first-order valence-corrected chi connectivity index (χ1v) is 8.67. The van der Waals surface area contributed by atoms with E-state index in [9.17, 15) is 12.8 Å². The van der Waals surface area contributed by atoms with Gasteiger partial charge in [0, 0.05) is 4.47 Å². The highest BCUT2D eigenvalue weighted by atomic mass is 79.9. The van der Waals surface area contributed by atoms with E-state index in [2.05, 4.69) is 29.4 Å². The van der Waals surface area contributed by atoms with Crippen molar-refractivity contribution in [2.45, 2.75) is 4.90 Å². The van der Waals surface area contributed by atoms with Gasteiger partial charge in [0.2, 0.25) is 0 Å². The van der Waals surface area contributed by atoms with Crippen molar-refractivity contribution < 1.29 is 12.8 Å². The van der Waals surface area contributed by atoms with Crippen molar-refractivity contribution in [2.24, 2.45) is 8.73 Å². The number of nitrogens with one attached hydrogen (secondary N) is 1. The fourth-order valence-corrected chi connectivity index (χ4v) is 4.09. The first-order chi connectivity index (χ1) is 9.97. The van der Waals surface area contributed by atoms with Crippen LogP contribution in [0.25, 0.3) is 0 Å².